The lowest BCUT2D eigenvalue weighted by Crippen LogP contribution is -2.09. The smallest absolute Gasteiger partial charge is 0.160 e. The molecule has 0 aliphatic rings. The molecule has 0 amide bonds. The topological polar surface area (TPSA) is 21.3 Å². The van der Waals surface area contributed by atoms with Gasteiger partial charge in [0.25, 0.3) is 0 Å². The van der Waals surface area contributed by atoms with E-state index in [1.165, 1.54) is 38.6 Å². The van der Waals surface area contributed by atoms with Crippen molar-refractivity contribution >= 4 is 60.8 Å². The van der Waals surface area contributed by atoms with Crippen molar-refractivity contribution in [2.24, 2.45) is 0 Å². The van der Waals surface area contributed by atoms with E-state index in [-0.39, 0.29) is 0 Å². The van der Waals surface area contributed by atoms with Gasteiger partial charge in [0.1, 0.15) is 5.58 Å². The summed E-state index contributed by atoms with van der Waals surface area (Å²) in [5, 5.41) is 4.59. The van der Waals surface area contributed by atoms with Crippen LogP contribution in [0.4, 0.5) is 17.1 Å². The second-order valence-corrected chi connectivity index (χ2v) is 14.5. The van der Waals surface area contributed by atoms with Crippen molar-refractivity contribution in [2.75, 3.05) is 4.90 Å². The Morgan fingerprint density at radius 2 is 0.825 bits per heavy atom. The minimum absolute atomic E-state index is 0.887. The maximum absolute atomic E-state index is 6.74. The van der Waals surface area contributed by atoms with E-state index >= 15 is 0 Å². The molecule has 0 spiro atoms. The van der Waals surface area contributed by atoms with Crippen LogP contribution in [-0.4, -0.2) is 4.57 Å². The van der Waals surface area contributed by atoms with Gasteiger partial charge in [-0.1, -0.05) is 152 Å². The molecule has 0 bridgehead atoms. The zero-order chi connectivity index (χ0) is 37.7. The second-order valence-electron chi connectivity index (χ2n) is 14.5. The first-order valence-corrected chi connectivity index (χ1v) is 19.4. The van der Waals surface area contributed by atoms with Gasteiger partial charge >= 0.3 is 0 Å². The first-order valence-electron chi connectivity index (χ1n) is 19.4. The van der Waals surface area contributed by atoms with Gasteiger partial charge in [0.2, 0.25) is 0 Å². The lowest BCUT2D eigenvalue weighted by molar-refractivity contribution is 0.671. The van der Waals surface area contributed by atoms with Crippen molar-refractivity contribution in [1.29, 1.82) is 0 Å². The largest absolute Gasteiger partial charge is 0.454 e. The van der Waals surface area contributed by atoms with Crippen molar-refractivity contribution in [2.45, 2.75) is 0 Å². The SMILES string of the molecule is c1ccc(-c2ccc(N(c3ccc(-c4ccccc4)cc3)c3ccc(-c4cc5c6ccccc6oc5c5c4c4ccccc4n5-c4ccccc4)cc3)cc2)cc1. The third-order valence-corrected chi connectivity index (χ3v) is 11.2. The third-order valence-electron chi connectivity index (χ3n) is 11.2. The summed E-state index contributed by atoms with van der Waals surface area (Å²) in [5.41, 5.74) is 15.5. The molecule has 11 aromatic rings. The molecule has 0 fully saturated rings. The molecular formula is C54H36N2O. The normalized spacial score (nSPS) is 11.5. The highest BCUT2D eigenvalue weighted by molar-refractivity contribution is 6.26. The van der Waals surface area contributed by atoms with Gasteiger partial charge in [0, 0.05) is 44.3 Å². The molecule has 3 nitrogen and oxygen atoms in total. The van der Waals surface area contributed by atoms with Crippen LogP contribution in [0, 0.1) is 0 Å². The highest BCUT2D eigenvalue weighted by atomic mass is 16.3. The highest BCUT2D eigenvalue weighted by Gasteiger charge is 2.23. The molecule has 0 radical (unpaired) electrons. The van der Waals surface area contributed by atoms with E-state index in [4.69, 9.17) is 4.42 Å². The Kier molecular flexibility index (Phi) is 7.82. The minimum Gasteiger partial charge on any atom is -0.454 e. The number of fused-ring (bicyclic) bond motifs is 7. The number of aromatic nitrogens is 1. The van der Waals surface area contributed by atoms with E-state index in [9.17, 15) is 0 Å². The van der Waals surface area contributed by atoms with Crippen LogP contribution >= 0.6 is 0 Å². The summed E-state index contributed by atoms with van der Waals surface area (Å²) in [6, 6.07) is 78.0. The number of hydrogen-bond acceptors (Lipinski definition) is 2. The molecule has 11 rings (SSSR count). The number of furan rings is 1. The Morgan fingerprint density at radius 3 is 1.40 bits per heavy atom. The fourth-order valence-corrected chi connectivity index (χ4v) is 8.51. The van der Waals surface area contributed by atoms with Crippen molar-refractivity contribution in [1.82, 2.24) is 4.57 Å². The first kappa shape index (κ1) is 32.8. The Labute approximate surface area is 330 Å². The Hall–Kier alpha value is -7.62. The molecule has 0 saturated carbocycles. The summed E-state index contributed by atoms with van der Waals surface area (Å²) in [4.78, 5) is 2.34. The molecule has 3 heteroatoms. The lowest BCUT2D eigenvalue weighted by Gasteiger charge is -2.26. The maximum atomic E-state index is 6.74. The lowest BCUT2D eigenvalue weighted by atomic mass is 9.96. The van der Waals surface area contributed by atoms with Crippen LogP contribution in [0.3, 0.4) is 0 Å². The van der Waals surface area contributed by atoms with Crippen LogP contribution in [0.5, 0.6) is 0 Å². The molecule has 0 aliphatic carbocycles. The van der Waals surface area contributed by atoms with Crippen LogP contribution in [0.2, 0.25) is 0 Å². The summed E-state index contributed by atoms with van der Waals surface area (Å²) in [6.07, 6.45) is 0. The van der Waals surface area contributed by atoms with Crippen molar-refractivity contribution in [3.05, 3.63) is 218 Å². The fourth-order valence-electron chi connectivity index (χ4n) is 8.51. The highest BCUT2D eigenvalue weighted by Crippen LogP contribution is 2.46. The first-order chi connectivity index (χ1) is 28.3. The molecule has 2 aromatic heterocycles. The summed E-state index contributed by atoms with van der Waals surface area (Å²) < 4.78 is 9.11. The van der Waals surface area contributed by atoms with Gasteiger partial charge in [-0.2, -0.15) is 0 Å². The van der Waals surface area contributed by atoms with Crippen LogP contribution < -0.4 is 4.90 Å². The molecule has 0 atom stereocenters. The van der Waals surface area contributed by atoms with Crippen LogP contribution in [0.15, 0.2) is 223 Å². The molecule has 0 unspecified atom stereocenters. The summed E-state index contributed by atoms with van der Waals surface area (Å²) >= 11 is 0. The molecular weight excluding hydrogens is 693 g/mol. The molecule has 57 heavy (non-hydrogen) atoms. The van der Waals surface area contributed by atoms with Crippen LogP contribution in [0.1, 0.15) is 0 Å². The Balaban J connectivity index is 1.09. The number of nitrogens with zero attached hydrogens (tertiary/aromatic N) is 2. The second kappa shape index (κ2) is 13.6. The number of para-hydroxylation sites is 3. The summed E-state index contributed by atoms with van der Waals surface area (Å²) in [5.74, 6) is 0. The van der Waals surface area contributed by atoms with Gasteiger partial charge in [-0.3, -0.25) is 0 Å². The van der Waals surface area contributed by atoms with E-state index in [1.54, 1.807) is 0 Å². The number of rotatable bonds is 7. The molecule has 0 aliphatic heterocycles. The molecule has 0 saturated heterocycles. The summed E-state index contributed by atoms with van der Waals surface area (Å²) in [6.45, 7) is 0. The van der Waals surface area contributed by atoms with E-state index in [0.717, 1.165) is 61.3 Å². The fraction of sp³-hybridized carbons (Fsp3) is 0. The average molecular weight is 729 g/mol. The Morgan fingerprint density at radius 1 is 0.368 bits per heavy atom. The standard InChI is InChI=1S/C54H36N2O/c1-4-14-37(15-5-1)39-24-30-43(31-25-39)55(44-32-26-40(27-33-44)38-16-6-2-7-17-38)45-34-28-41(29-35-45)48-36-49-46-20-11-13-23-51(46)57-54(49)53-52(48)47-21-10-12-22-50(47)56(53)42-18-8-3-9-19-42/h1-36H. The van der Waals surface area contributed by atoms with E-state index in [0.29, 0.717) is 0 Å². The van der Waals surface area contributed by atoms with Gasteiger partial charge in [-0.05, 0) is 100 Å². The molecule has 2 heterocycles. The zero-order valence-corrected chi connectivity index (χ0v) is 31.1. The quantitative estimate of drug-likeness (QED) is 0.163. The Bertz CT molecular complexity index is 3100. The number of anilines is 3. The van der Waals surface area contributed by atoms with Gasteiger partial charge < -0.3 is 13.9 Å². The number of benzene rings is 9. The van der Waals surface area contributed by atoms with Gasteiger partial charge in [-0.15, -0.1) is 0 Å². The molecule has 268 valence electrons. The third kappa shape index (κ3) is 5.60. The van der Waals surface area contributed by atoms with E-state index in [1.807, 2.05) is 6.07 Å². The number of hydrogen-bond donors (Lipinski definition) is 0. The van der Waals surface area contributed by atoms with E-state index < -0.39 is 0 Å². The monoisotopic (exact) mass is 728 g/mol. The van der Waals surface area contributed by atoms with Gasteiger partial charge in [0.15, 0.2) is 5.58 Å². The maximum Gasteiger partial charge on any atom is 0.160 e. The average Bonchev–Trinajstić information content (AvgIpc) is 3.84. The van der Waals surface area contributed by atoms with Crippen molar-refractivity contribution < 1.29 is 4.42 Å². The van der Waals surface area contributed by atoms with E-state index in [2.05, 4.69) is 222 Å². The minimum atomic E-state index is 0.887. The predicted octanol–water partition coefficient (Wildman–Crippen LogP) is 15.2. The van der Waals surface area contributed by atoms with Crippen molar-refractivity contribution in [3.63, 3.8) is 0 Å². The molecule has 0 N–H and O–H groups in total. The van der Waals surface area contributed by atoms with Gasteiger partial charge in [0.05, 0.1) is 11.0 Å². The van der Waals surface area contributed by atoms with Crippen LogP contribution in [0.25, 0.3) is 82.8 Å². The molecule has 9 aromatic carbocycles. The predicted molar refractivity (Wildman–Crippen MR) is 239 cm³/mol. The van der Waals surface area contributed by atoms with Crippen LogP contribution in [-0.2, 0) is 0 Å². The summed E-state index contributed by atoms with van der Waals surface area (Å²) in [7, 11) is 0. The zero-order valence-electron chi connectivity index (χ0n) is 31.1. The van der Waals surface area contributed by atoms with Crippen molar-refractivity contribution in [3.8, 4) is 39.1 Å². The van der Waals surface area contributed by atoms with Gasteiger partial charge in [-0.25, -0.2) is 0 Å².